The molecule has 23 heavy (non-hydrogen) atoms. The van der Waals surface area contributed by atoms with Crippen LogP contribution in [-0.2, 0) is 0 Å². The maximum atomic E-state index is 12.4. The average molecular weight is 327 g/mol. The number of nitrogens with one attached hydrogen (secondary N) is 3. The van der Waals surface area contributed by atoms with Crippen LogP contribution in [0.3, 0.4) is 0 Å². The zero-order valence-corrected chi connectivity index (χ0v) is 14.0. The summed E-state index contributed by atoms with van der Waals surface area (Å²) in [5.74, 6) is 0.0385. The van der Waals surface area contributed by atoms with Crippen molar-refractivity contribution in [2.24, 2.45) is 0 Å². The van der Waals surface area contributed by atoms with E-state index in [0.29, 0.717) is 12.1 Å². The Morgan fingerprint density at radius 3 is 2.61 bits per heavy atom. The van der Waals surface area contributed by atoms with E-state index in [1.165, 1.54) is 12.8 Å². The molecule has 3 N–H and O–H groups in total. The topological polar surface area (TPSA) is 56.9 Å². The first kappa shape index (κ1) is 14.8. The normalized spacial score (nSPS) is 25.7. The van der Waals surface area contributed by atoms with Crippen LogP contribution < -0.4 is 10.6 Å². The fourth-order valence-corrected chi connectivity index (χ4v) is 4.45. The summed E-state index contributed by atoms with van der Waals surface area (Å²) in [5.41, 5.74) is 1.89. The van der Waals surface area contributed by atoms with Crippen LogP contribution in [0.2, 0.25) is 0 Å². The van der Waals surface area contributed by atoms with E-state index in [2.05, 4.69) is 27.8 Å². The van der Waals surface area contributed by atoms with Crippen LogP contribution in [0.25, 0.3) is 0 Å². The van der Waals surface area contributed by atoms with Crippen LogP contribution in [-0.4, -0.2) is 29.0 Å². The molecule has 3 heterocycles. The lowest BCUT2D eigenvalue weighted by Gasteiger charge is -2.21. The number of carbonyl (C=O) groups is 1. The van der Waals surface area contributed by atoms with Crippen molar-refractivity contribution >= 4 is 17.7 Å². The van der Waals surface area contributed by atoms with Crippen molar-refractivity contribution in [3.8, 4) is 0 Å². The molecule has 3 atom stereocenters. The molecule has 4 nitrogen and oxygen atoms in total. The molecule has 0 spiro atoms. The second-order valence-corrected chi connectivity index (χ2v) is 7.61. The third-order valence-corrected chi connectivity index (χ3v) is 5.73. The minimum Gasteiger partial charge on any atom is -0.354 e. The predicted octanol–water partition coefficient (Wildman–Crippen LogP) is 3.10. The molecule has 1 aromatic heterocycles. The van der Waals surface area contributed by atoms with Gasteiger partial charge in [-0.3, -0.25) is 4.79 Å². The van der Waals surface area contributed by atoms with Crippen molar-refractivity contribution in [2.75, 3.05) is 0 Å². The highest BCUT2D eigenvalue weighted by molar-refractivity contribution is 7.99. The number of aryl methyl sites for hydroxylation is 1. The Morgan fingerprint density at radius 1 is 1.17 bits per heavy atom. The molecular weight excluding hydrogens is 306 g/mol. The molecule has 2 aliphatic rings. The molecule has 1 aromatic carbocycles. The maximum absolute atomic E-state index is 12.4. The number of carbonyl (C=O) groups excluding carboxylic acids is 1. The monoisotopic (exact) mass is 327 g/mol. The minimum atomic E-state index is 0.0385. The molecule has 2 bridgehead atoms. The van der Waals surface area contributed by atoms with E-state index < -0.39 is 0 Å². The molecule has 0 unspecified atom stereocenters. The van der Waals surface area contributed by atoms with E-state index in [9.17, 15) is 4.79 Å². The van der Waals surface area contributed by atoms with Gasteiger partial charge < -0.3 is 15.6 Å². The summed E-state index contributed by atoms with van der Waals surface area (Å²) in [6.45, 7) is 2.04. The number of amides is 1. The highest BCUT2D eigenvalue weighted by atomic mass is 32.2. The van der Waals surface area contributed by atoms with E-state index >= 15 is 0 Å². The quantitative estimate of drug-likeness (QED) is 0.809. The number of rotatable bonds is 4. The lowest BCUT2D eigenvalue weighted by atomic mass is 9.95. The number of aromatic amines is 1. The largest absolute Gasteiger partial charge is 0.354 e. The first-order valence-corrected chi connectivity index (χ1v) is 8.99. The van der Waals surface area contributed by atoms with Gasteiger partial charge in [0.15, 0.2) is 0 Å². The summed E-state index contributed by atoms with van der Waals surface area (Å²) in [5, 5.41) is 7.85. The Labute approximate surface area is 140 Å². The van der Waals surface area contributed by atoms with Crippen molar-refractivity contribution in [3.05, 3.63) is 47.7 Å². The van der Waals surface area contributed by atoms with Gasteiger partial charge in [0.2, 0.25) is 0 Å². The van der Waals surface area contributed by atoms with Crippen molar-refractivity contribution < 1.29 is 4.79 Å². The number of hydrogen-bond donors (Lipinski definition) is 3. The summed E-state index contributed by atoms with van der Waals surface area (Å²) in [6.07, 6.45) is 3.50. The summed E-state index contributed by atoms with van der Waals surface area (Å²) < 4.78 is 0. The van der Waals surface area contributed by atoms with Crippen LogP contribution in [0, 0.1) is 6.92 Å². The highest BCUT2D eigenvalue weighted by Crippen LogP contribution is 2.29. The number of H-pyrrole nitrogens is 1. The van der Waals surface area contributed by atoms with Gasteiger partial charge in [0.05, 0.1) is 5.03 Å². The molecule has 2 aliphatic heterocycles. The lowest BCUT2D eigenvalue weighted by molar-refractivity contribution is 0.0931. The Balaban J connectivity index is 1.38. The van der Waals surface area contributed by atoms with E-state index in [0.717, 1.165) is 27.6 Å². The second-order valence-electron chi connectivity index (χ2n) is 6.50. The Bertz CT molecular complexity index is 709. The van der Waals surface area contributed by atoms with Crippen molar-refractivity contribution in [1.82, 2.24) is 15.6 Å². The molecule has 2 saturated heterocycles. The Morgan fingerprint density at radius 2 is 2.00 bits per heavy atom. The number of hydrogen-bond acceptors (Lipinski definition) is 3. The summed E-state index contributed by atoms with van der Waals surface area (Å²) in [6, 6.07) is 13.3. The molecular formula is C18H21N3OS. The number of benzene rings is 1. The van der Waals surface area contributed by atoms with E-state index in [1.807, 2.05) is 31.2 Å². The van der Waals surface area contributed by atoms with Crippen molar-refractivity contribution in [2.45, 2.75) is 54.2 Å². The lowest BCUT2D eigenvalue weighted by Crippen LogP contribution is -2.42. The zero-order valence-electron chi connectivity index (χ0n) is 13.1. The zero-order chi connectivity index (χ0) is 15.8. The molecule has 0 aliphatic carbocycles. The summed E-state index contributed by atoms with van der Waals surface area (Å²) in [4.78, 5) is 16.8. The van der Waals surface area contributed by atoms with Gasteiger partial charge in [-0.1, -0.05) is 11.8 Å². The van der Waals surface area contributed by atoms with Gasteiger partial charge in [-0.25, -0.2) is 0 Å². The van der Waals surface area contributed by atoms with Gasteiger partial charge in [-0.05, 0) is 62.6 Å². The van der Waals surface area contributed by atoms with Crippen LogP contribution in [0.5, 0.6) is 0 Å². The molecule has 5 heteroatoms. The smallest absolute Gasteiger partial charge is 0.251 e. The van der Waals surface area contributed by atoms with Gasteiger partial charge in [-0.15, -0.1) is 0 Å². The molecule has 2 fully saturated rings. The van der Waals surface area contributed by atoms with E-state index in [4.69, 9.17) is 0 Å². The van der Waals surface area contributed by atoms with Gasteiger partial charge in [0.25, 0.3) is 5.91 Å². The van der Waals surface area contributed by atoms with Gasteiger partial charge in [0, 0.05) is 34.3 Å². The van der Waals surface area contributed by atoms with E-state index in [-0.39, 0.29) is 11.9 Å². The first-order valence-electron chi connectivity index (χ1n) is 8.18. The molecule has 4 rings (SSSR count). The maximum Gasteiger partial charge on any atom is 0.251 e. The van der Waals surface area contributed by atoms with Crippen LogP contribution in [0.4, 0.5) is 0 Å². The van der Waals surface area contributed by atoms with E-state index in [1.54, 1.807) is 11.8 Å². The molecule has 0 saturated carbocycles. The fourth-order valence-electron chi connectivity index (χ4n) is 3.57. The fraction of sp³-hybridized carbons (Fsp3) is 0.389. The molecule has 120 valence electrons. The third kappa shape index (κ3) is 3.16. The molecule has 1 amide bonds. The summed E-state index contributed by atoms with van der Waals surface area (Å²) >= 11 is 1.67. The average Bonchev–Trinajstić information content (AvgIpc) is 3.25. The Kier molecular flexibility index (Phi) is 3.91. The third-order valence-electron chi connectivity index (χ3n) is 4.77. The first-order chi connectivity index (χ1) is 11.2. The van der Waals surface area contributed by atoms with Gasteiger partial charge in [-0.2, -0.15) is 0 Å². The second kappa shape index (κ2) is 6.06. The van der Waals surface area contributed by atoms with Gasteiger partial charge in [0.1, 0.15) is 0 Å². The van der Waals surface area contributed by atoms with Crippen molar-refractivity contribution in [3.63, 3.8) is 0 Å². The van der Waals surface area contributed by atoms with Crippen LogP contribution >= 0.6 is 11.8 Å². The van der Waals surface area contributed by atoms with Crippen LogP contribution in [0.15, 0.2) is 46.3 Å². The highest BCUT2D eigenvalue weighted by Gasteiger charge is 2.39. The summed E-state index contributed by atoms with van der Waals surface area (Å²) in [7, 11) is 0. The molecule has 2 aromatic rings. The minimum absolute atomic E-state index is 0.0385. The standard InChI is InChI=1S/C18H21N3OS/c1-11-2-9-17(19-11)23-14-6-3-12(4-7-14)18(22)21-16-10-13-5-8-15(16)20-13/h2-4,6-7,9,13,15-16,19-20H,5,8,10H2,1H3,(H,21,22)/t13-,15+,16-/m1/s1. The van der Waals surface area contributed by atoms with Gasteiger partial charge >= 0.3 is 0 Å². The number of aromatic nitrogens is 1. The van der Waals surface area contributed by atoms with Crippen LogP contribution in [0.1, 0.15) is 35.3 Å². The Hall–Kier alpha value is -1.72. The number of fused-ring (bicyclic) bond motifs is 2. The van der Waals surface area contributed by atoms with Crippen molar-refractivity contribution in [1.29, 1.82) is 0 Å². The SMILES string of the molecule is Cc1ccc(Sc2ccc(C(=O)N[C@@H]3C[C@H]4CC[C@@H]3N4)cc2)[nH]1. The predicted molar refractivity (Wildman–Crippen MR) is 91.9 cm³/mol. The molecule has 0 radical (unpaired) electrons.